The quantitative estimate of drug-likeness (QED) is 0.616. The van der Waals surface area contributed by atoms with Crippen molar-refractivity contribution >= 4 is 5.91 Å². The van der Waals surface area contributed by atoms with Crippen LogP contribution in [0.15, 0.2) is 0 Å². The summed E-state index contributed by atoms with van der Waals surface area (Å²) in [6, 6.07) is -0.483. The second-order valence-corrected chi connectivity index (χ2v) is 4.25. The van der Waals surface area contributed by atoms with Crippen molar-refractivity contribution in [1.29, 1.82) is 0 Å². The lowest BCUT2D eigenvalue weighted by atomic mass is 10.1. The summed E-state index contributed by atoms with van der Waals surface area (Å²) in [7, 11) is 1.63. The number of carbonyl (C=O) groups is 1. The molecule has 5 heteroatoms. The fourth-order valence-corrected chi connectivity index (χ4v) is 2.10. The number of likely N-dealkylation sites (tertiary alicyclic amines) is 1. The summed E-state index contributed by atoms with van der Waals surface area (Å²) in [5.41, 5.74) is 5.83. The lowest BCUT2D eigenvalue weighted by Gasteiger charge is -2.26. The fourth-order valence-electron chi connectivity index (χ4n) is 2.10. The topological polar surface area (TPSA) is 75.8 Å². The molecule has 0 aliphatic carbocycles. The van der Waals surface area contributed by atoms with Crippen LogP contribution in [0, 0.1) is 0 Å². The molecule has 1 unspecified atom stereocenters. The molecule has 0 radical (unpaired) electrons. The van der Waals surface area contributed by atoms with Crippen LogP contribution in [0.25, 0.3) is 0 Å². The first-order valence-corrected chi connectivity index (χ1v) is 5.86. The molecule has 3 N–H and O–H groups in total. The van der Waals surface area contributed by atoms with Gasteiger partial charge in [-0.2, -0.15) is 0 Å². The molecule has 1 aliphatic rings. The highest BCUT2D eigenvalue weighted by Gasteiger charge is 2.30. The summed E-state index contributed by atoms with van der Waals surface area (Å²) in [6.07, 6.45) is 3.27. The van der Waals surface area contributed by atoms with Gasteiger partial charge >= 0.3 is 0 Å². The highest BCUT2D eigenvalue weighted by molar-refractivity contribution is 5.82. The highest BCUT2D eigenvalue weighted by atomic mass is 16.5. The van der Waals surface area contributed by atoms with Gasteiger partial charge in [-0.15, -0.1) is 0 Å². The third-order valence-electron chi connectivity index (χ3n) is 3.05. The molecule has 1 rings (SSSR count). The Hall–Kier alpha value is -0.650. The van der Waals surface area contributed by atoms with Crippen molar-refractivity contribution < 1.29 is 14.6 Å². The Bertz CT molecular complexity index is 223. The van der Waals surface area contributed by atoms with Gasteiger partial charge in [-0.1, -0.05) is 0 Å². The normalized spacial score (nSPS) is 22.4. The van der Waals surface area contributed by atoms with Crippen LogP contribution in [0.3, 0.4) is 0 Å². The van der Waals surface area contributed by atoms with E-state index in [1.54, 1.807) is 12.0 Å². The van der Waals surface area contributed by atoms with E-state index in [-0.39, 0.29) is 18.6 Å². The summed E-state index contributed by atoms with van der Waals surface area (Å²) < 4.78 is 4.92. The van der Waals surface area contributed by atoms with E-state index in [0.717, 1.165) is 25.8 Å². The van der Waals surface area contributed by atoms with Crippen LogP contribution in [0.4, 0.5) is 0 Å². The van der Waals surface area contributed by atoms with Gasteiger partial charge in [-0.3, -0.25) is 4.79 Å². The van der Waals surface area contributed by atoms with Crippen LogP contribution in [0.1, 0.15) is 25.7 Å². The minimum absolute atomic E-state index is 0.0269. The molecule has 0 saturated carbocycles. The number of ether oxygens (including phenoxy) is 1. The lowest BCUT2D eigenvalue weighted by Crippen LogP contribution is -2.47. The maximum absolute atomic E-state index is 12.0. The Morgan fingerprint density at radius 2 is 2.44 bits per heavy atom. The average Bonchev–Trinajstić information content (AvgIpc) is 2.76. The molecule has 0 bridgehead atoms. The monoisotopic (exact) mass is 230 g/mol. The summed E-state index contributed by atoms with van der Waals surface area (Å²) >= 11 is 0. The van der Waals surface area contributed by atoms with E-state index in [4.69, 9.17) is 15.6 Å². The molecule has 1 amide bonds. The molecular formula is C11H22N2O3. The zero-order valence-corrected chi connectivity index (χ0v) is 9.89. The number of hydrogen-bond acceptors (Lipinski definition) is 4. The SMILES string of the molecule is COCCCC(N)C(=O)N1CCC[C@H]1CO. The molecular weight excluding hydrogens is 208 g/mol. The van der Waals surface area contributed by atoms with Gasteiger partial charge in [0.15, 0.2) is 0 Å². The van der Waals surface area contributed by atoms with Crippen molar-refractivity contribution in [3.8, 4) is 0 Å². The van der Waals surface area contributed by atoms with Crippen molar-refractivity contribution in [2.45, 2.75) is 37.8 Å². The first-order valence-electron chi connectivity index (χ1n) is 5.86. The Labute approximate surface area is 96.6 Å². The van der Waals surface area contributed by atoms with Crippen molar-refractivity contribution in [3.63, 3.8) is 0 Å². The number of amides is 1. The number of hydrogen-bond donors (Lipinski definition) is 2. The van der Waals surface area contributed by atoms with E-state index in [2.05, 4.69) is 0 Å². The lowest BCUT2D eigenvalue weighted by molar-refractivity contribution is -0.134. The first-order chi connectivity index (χ1) is 7.70. The molecule has 2 atom stereocenters. The third kappa shape index (κ3) is 3.43. The number of rotatable bonds is 6. The summed E-state index contributed by atoms with van der Waals surface area (Å²) in [6.45, 7) is 1.39. The molecule has 1 fully saturated rings. The van der Waals surface area contributed by atoms with Crippen molar-refractivity contribution in [3.05, 3.63) is 0 Å². The second kappa shape index (κ2) is 6.83. The molecule has 0 aromatic rings. The van der Waals surface area contributed by atoms with Gasteiger partial charge in [0.2, 0.25) is 5.91 Å². The van der Waals surface area contributed by atoms with Crippen LogP contribution in [-0.4, -0.2) is 54.9 Å². The van der Waals surface area contributed by atoms with Gasteiger partial charge in [-0.05, 0) is 25.7 Å². The molecule has 0 aromatic heterocycles. The number of aliphatic hydroxyl groups is 1. The fraction of sp³-hybridized carbons (Fsp3) is 0.909. The molecule has 1 aliphatic heterocycles. The number of methoxy groups -OCH3 is 1. The van der Waals surface area contributed by atoms with E-state index in [1.807, 2.05) is 0 Å². The molecule has 0 spiro atoms. The molecule has 94 valence electrons. The molecule has 1 heterocycles. The maximum atomic E-state index is 12.0. The molecule has 16 heavy (non-hydrogen) atoms. The van der Waals surface area contributed by atoms with Crippen LogP contribution >= 0.6 is 0 Å². The zero-order valence-electron chi connectivity index (χ0n) is 9.89. The van der Waals surface area contributed by atoms with Crippen LogP contribution in [0.2, 0.25) is 0 Å². The smallest absolute Gasteiger partial charge is 0.239 e. The minimum atomic E-state index is -0.456. The van der Waals surface area contributed by atoms with Crippen LogP contribution in [-0.2, 0) is 9.53 Å². The number of aliphatic hydroxyl groups excluding tert-OH is 1. The maximum Gasteiger partial charge on any atom is 0.239 e. The molecule has 5 nitrogen and oxygen atoms in total. The summed E-state index contributed by atoms with van der Waals surface area (Å²) in [5, 5.41) is 9.13. The Morgan fingerprint density at radius 3 is 3.06 bits per heavy atom. The third-order valence-corrected chi connectivity index (χ3v) is 3.05. The van der Waals surface area contributed by atoms with E-state index in [1.165, 1.54) is 0 Å². The van der Waals surface area contributed by atoms with E-state index >= 15 is 0 Å². The van der Waals surface area contributed by atoms with E-state index in [0.29, 0.717) is 13.0 Å². The predicted octanol–water partition coefficient (Wildman–Crippen LogP) is -0.276. The Balaban J connectivity index is 2.37. The Morgan fingerprint density at radius 1 is 1.69 bits per heavy atom. The van der Waals surface area contributed by atoms with Crippen LogP contribution in [0.5, 0.6) is 0 Å². The van der Waals surface area contributed by atoms with Crippen molar-refractivity contribution in [1.82, 2.24) is 4.90 Å². The summed E-state index contributed by atoms with van der Waals surface area (Å²) in [4.78, 5) is 13.7. The number of nitrogens with two attached hydrogens (primary N) is 1. The molecule has 1 saturated heterocycles. The van der Waals surface area contributed by atoms with Gasteiger partial charge < -0.3 is 20.5 Å². The first kappa shape index (κ1) is 13.4. The molecule has 0 aromatic carbocycles. The van der Waals surface area contributed by atoms with Gasteiger partial charge in [0, 0.05) is 20.3 Å². The van der Waals surface area contributed by atoms with Gasteiger partial charge in [-0.25, -0.2) is 0 Å². The zero-order chi connectivity index (χ0) is 12.0. The average molecular weight is 230 g/mol. The van der Waals surface area contributed by atoms with Gasteiger partial charge in [0.1, 0.15) is 0 Å². The van der Waals surface area contributed by atoms with Gasteiger partial charge in [0.05, 0.1) is 18.7 Å². The van der Waals surface area contributed by atoms with E-state index in [9.17, 15) is 4.79 Å². The van der Waals surface area contributed by atoms with Crippen molar-refractivity contribution in [2.75, 3.05) is 26.9 Å². The second-order valence-electron chi connectivity index (χ2n) is 4.25. The highest BCUT2D eigenvalue weighted by Crippen LogP contribution is 2.18. The van der Waals surface area contributed by atoms with Gasteiger partial charge in [0.25, 0.3) is 0 Å². The standard InChI is InChI=1S/C11H22N2O3/c1-16-7-3-5-10(12)11(15)13-6-2-4-9(13)8-14/h9-10,14H,2-8,12H2,1H3/t9-,10?/m0/s1. The number of carbonyl (C=O) groups excluding carboxylic acids is 1. The largest absolute Gasteiger partial charge is 0.394 e. The van der Waals surface area contributed by atoms with Crippen LogP contribution < -0.4 is 5.73 Å². The Kier molecular flexibility index (Phi) is 5.73. The van der Waals surface area contributed by atoms with E-state index < -0.39 is 6.04 Å². The number of nitrogens with zero attached hydrogens (tertiary/aromatic N) is 1. The summed E-state index contributed by atoms with van der Waals surface area (Å²) in [5.74, 6) is -0.0346. The predicted molar refractivity (Wildman–Crippen MR) is 60.9 cm³/mol. The minimum Gasteiger partial charge on any atom is -0.394 e. The van der Waals surface area contributed by atoms with Crippen molar-refractivity contribution in [2.24, 2.45) is 5.73 Å².